The number of benzene rings is 4. The highest BCUT2D eigenvalue weighted by atomic mass is 16.1. The Morgan fingerprint density at radius 1 is 0.757 bits per heavy atom. The Hall–Kier alpha value is -4.44. The van der Waals surface area contributed by atoms with Crippen molar-refractivity contribution in [2.45, 2.75) is 26.2 Å². The summed E-state index contributed by atoms with van der Waals surface area (Å²) in [6, 6.07) is 29.2. The Bertz CT molecular complexity index is 1670. The quantitative estimate of drug-likeness (QED) is 0.204. The Kier molecular flexibility index (Phi) is 6.26. The number of rotatable bonds is 5. The normalized spacial score (nSPS) is 11.9. The summed E-state index contributed by atoms with van der Waals surface area (Å²) in [7, 11) is 2.07. The molecule has 5 rings (SSSR count). The number of carbonyl (C=O) groups is 2. The zero-order valence-electron chi connectivity index (χ0n) is 21.6. The van der Waals surface area contributed by atoms with Gasteiger partial charge in [-0.05, 0) is 65.1 Å². The van der Waals surface area contributed by atoms with Crippen LogP contribution in [0.3, 0.4) is 0 Å². The van der Waals surface area contributed by atoms with Gasteiger partial charge in [-0.15, -0.1) is 0 Å². The molecular formula is C33H30N2O2. The van der Waals surface area contributed by atoms with E-state index in [1.807, 2.05) is 48.5 Å². The molecule has 184 valence electrons. The molecule has 0 bridgehead atoms. The standard InChI is InChI=1S/C33H30N2O2/c1-33(2,3)25-16-14-23(15-17-25)32(37)34-26-9-7-8-24(21-26)31(36)19-13-22-12-18-30-28(20-22)27-10-5-6-11-29(27)35(30)4/h5-21H,1-4H3,(H,34,37)/b19-13+. The third-order valence-electron chi connectivity index (χ3n) is 6.78. The summed E-state index contributed by atoms with van der Waals surface area (Å²) < 4.78 is 2.18. The van der Waals surface area contributed by atoms with E-state index in [0.29, 0.717) is 16.8 Å². The Morgan fingerprint density at radius 2 is 1.49 bits per heavy atom. The van der Waals surface area contributed by atoms with Crippen molar-refractivity contribution in [2.75, 3.05) is 5.32 Å². The van der Waals surface area contributed by atoms with Crippen LogP contribution >= 0.6 is 0 Å². The molecule has 4 aromatic carbocycles. The summed E-state index contributed by atoms with van der Waals surface area (Å²) in [4.78, 5) is 25.7. The summed E-state index contributed by atoms with van der Waals surface area (Å²) in [6.07, 6.45) is 3.42. The number of hydrogen-bond acceptors (Lipinski definition) is 2. The Morgan fingerprint density at radius 3 is 2.24 bits per heavy atom. The van der Waals surface area contributed by atoms with Gasteiger partial charge >= 0.3 is 0 Å². The molecule has 0 atom stereocenters. The van der Waals surface area contributed by atoms with E-state index >= 15 is 0 Å². The van der Waals surface area contributed by atoms with Crippen LogP contribution in [0.5, 0.6) is 0 Å². The number of hydrogen-bond donors (Lipinski definition) is 1. The molecule has 1 amide bonds. The van der Waals surface area contributed by atoms with Crippen LogP contribution in [-0.4, -0.2) is 16.3 Å². The molecule has 0 aliphatic heterocycles. The molecule has 1 N–H and O–H groups in total. The van der Waals surface area contributed by atoms with Crippen LogP contribution in [-0.2, 0) is 12.5 Å². The van der Waals surface area contributed by atoms with E-state index < -0.39 is 0 Å². The van der Waals surface area contributed by atoms with Gasteiger partial charge in [-0.1, -0.05) is 75.4 Å². The first-order valence-corrected chi connectivity index (χ1v) is 12.4. The van der Waals surface area contributed by atoms with Crippen LogP contribution in [0.4, 0.5) is 5.69 Å². The molecule has 0 fully saturated rings. The number of ketones is 1. The fraction of sp³-hybridized carbons (Fsp3) is 0.152. The number of para-hydroxylation sites is 1. The first kappa shape index (κ1) is 24.3. The van der Waals surface area contributed by atoms with E-state index in [1.165, 1.54) is 16.5 Å². The number of carbonyl (C=O) groups excluding carboxylic acids is 2. The van der Waals surface area contributed by atoms with Gasteiger partial charge < -0.3 is 9.88 Å². The SMILES string of the molecule is Cn1c2ccccc2c2cc(/C=C/C(=O)c3cccc(NC(=O)c4ccc(C(C)(C)C)cc4)c3)ccc21. The van der Waals surface area contributed by atoms with Crippen molar-refractivity contribution in [1.82, 2.24) is 4.57 Å². The lowest BCUT2D eigenvalue weighted by molar-refractivity contribution is 0.102. The molecule has 0 aliphatic carbocycles. The Labute approximate surface area is 217 Å². The second kappa shape index (κ2) is 9.55. The maximum atomic E-state index is 12.9. The summed E-state index contributed by atoms with van der Waals surface area (Å²) in [5, 5.41) is 5.26. The second-order valence-corrected chi connectivity index (χ2v) is 10.4. The van der Waals surface area contributed by atoms with Crippen molar-refractivity contribution < 1.29 is 9.59 Å². The molecule has 5 aromatic rings. The molecule has 0 unspecified atom stereocenters. The van der Waals surface area contributed by atoms with Crippen molar-refractivity contribution in [3.8, 4) is 0 Å². The number of nitrogens with zero attached hydrogens (tertiary/aromatic N) is 1. The first-order chi connectivity index (χ1) is 17.7. The molecule has 4 nitrogen and oxygen atoms in total. The van der Waals surface area contributed by atoms with E-state index in [1.54, 1.807) is 30.3 Å². The number of fused-ring (bicyclic) bond motifs is 3. The van der Waals surface area contributed by atoms with Crippen molar-refractivity contribution >= 4 is 45.3 Å². The van der Waals surface area contributed by atoms with Crippen LogP contribution in [0.1, 0.15) is 52.6 Å². The van der Waals surface area contributed by atoms with E-state index in [0.717, 1.165) is 16.5 Å². The van der Waals surface area contributed by atoms with Crippen LogP contribution in [0, 0.1) is 0 Å². The molecule has 0 aliphatic rings. The van der Waals surface area contributed by atoms with Gasteiger partial charge in [0.1, 0.15) is 0 Å². The zero-order chi connectivity index (χ0) is 26.2. The van der Waals surface area contributed by atoms with Gasteiger partial charge in [0, 0.05) is 45.7 Å². The Balaban J connectivity index is 1.32. The average Bonchev–Trinajstić information content (AvgIpc) is 3.18. The topological polar surface area (TPSA) is 51.1 Å². The van der Waals surface area contributed by atoms with Crippen molar-refractivity contribution in [3.63, 3.8) is 0 Å². The van der Waals surface area contributed by atoms with E-state index in [9.17, 15) is 9.59 Å². The summed E-state index contributed by atoms with van der Waals surface area (Å²) in [6.45, 7) is 6.42. The lowest BCUT2D eigenvalue weighted by Gasteiger charge is -2.19. The fourth-order valence-corrected chi connectivity index (χ4v) is 4.63. The summed E-state index contributed by atoms with van der Waals surface area (Å²) in [5.74, 6) is -0.326. The van der Waals surface area contributed by atoms with Gasteiger partial charge in [0.15, 0.2) is 5.78 Å². The third-order valence-corrected chi connectivity index (χ3v) is 6.78. The van der Waals surface area contributed by atoms with Crippen LogP contribution in [0.2, 0.25) is 0 Å². The number of nitrogens with one attached hydrogen (secondary N) is 1. The summed E-state index contributed by atoms with van der Waals surface area (Å²) >= 11 is 0. The largest absolute Gasteiger partial charge is 0.344 e. The summed E-state index contributed by atoms with van der Waals surface area (Å²) in [5.41, 5.74) is 6.17. The first-order valence-electron chi connectivity index (χ1n) is 12.4. The molecule has 0 spiro atoms. The zero-order valence-corrected chi connectivity index (χ0v) is 21.6. The number of aryl methyl sites for hydroxylation is 1. The highest BCUT2D eigenvalue weighted by molar-refractivity contribution is 6.10. The maximum absolute atomic E-state index is 12.9. The third kappa shape index (κ3) is 4.96. The minimum absolute atomic E-state index is 0.0256. The van der Waals surface area contributed by atoms with Gasteiger partial charge in [-0.3, -0.25) is 9.59 Å². The van der Waals surface area contributed by atoms with Crippen molar-refractivity contribution in [2.24, 2.45) is 7.05 Å². The molecule has 1 heterocycles. The smallest absolute Gasteiger partial charge is 0.255 e. The lowest BCUT2D eigenvalue weighted by Crippen LogP contribution is -2.14. The number of allylic oxidation sites excluding steroid dienone is 1. The number of amides is 1. The van der Waals surface area contributed by atoms with Crippen LogP contribution in [0.25, 0.3) is 27.9 Å². The highest BCUT2D eigenvalue weighted by Gasteiger charge is 2.15. The number of aromatic nitrogens is 1. The van der Waals surface area contributed by atoms with E-state index in [2.05, 4.69) is 62.0 Å². The lowest BCUT2D eigenvalue weighted by atomic mass is 9.87. The fourth-order valence-electron chi connectivity index (χ4n) is 4.63. The maximum Gasteiger partial charge on any atom is 0.255 e. The van der Waals surface area contributed by atoms with Crippen molar-refractivity contribution in [1.29, 1.82) is 0 Å². The molecule has 4 heteroatoms. The molecular weight excluding hydrogens is 456 g/mol. The molecule has 1 aromatic heterocycles. The van der Waals surface area contributed by atoms with Gasteiger partial charge in [0.25, 0.3) is 5.91 Å². The van der Waals surface area contributed by atoms with Gasteiger partial charge in [0.2, 0.25) is 0 Å². The second-order valence-electron chi connectivity index (χ2n) is 10.4. The number of anilines is 1. The van der Waals surface area contributed by atoms with Gasteiger partial charge in [0.05, 0.1) is 0 Å². The highest BCUT2D eigenvalue weighted by Crippen LogP contribution is 2.29. The average molecular weight is 487 g/mol. The van der Waals surface area contributed by atoms with Crippen LogP contribution in [0.15, 0.2) is 97.1 Å². The van der Waals surface area contributed by atoms with E-state index in [4.69, 9.17) is 0 Å². The molecule has 0 radical (unpaired) electrons. The van der Waals surface area contributed by atoms with Gasteiger partial charge in [-0.25, -0.2) is 0 Å². The predicted octanol–water partition coefficient (Wildman–Crippen LogP) is 7.78. The minimum atomic E-state index is -0.205. The van der Waals surface area contributed by atoms with Gasteiger partial charge in [-0.2, -0.15) is 0 Å². The predicted molar refractivity (Wildman–Crippen MR) is 153 cm³/mol. The molecule has 37 heavy (non-hydrogen) atoms. The molecule has 0 saturated heterocycles. The minimum Gasteiger partial charge on any atom is -0.344 e. The van der Waals surface area contributed by atoms with E-state index in [-0.39, 0.29) is 17.1 Å². The van der Waals surface area contributed by atoms with Crippen molar-refractivity contribution in [3.05, 3.63) is 119 Å². The molecule has 0 saturated carbocycles. The monoisotopic (exact) mass is 486 g/mol. The van der Waals surface area contributed by atoms with Crippen LogP contribution < -0.4 is 5.32 Å².